The van der Waals surface area contributed by atoms with Gasteiger partial charge in [-0.3, -0.25) is 9.59 Å². The minimum atomic E-state index is -3.90. The van der Waals surface area contributed by atoms with E-state index in [9.17, 15) is 18.0 Å². The predicted octanol–water partition coefficient (Wildman–Crippen LogP) is 3.30. The van der Waals surface area contributed by atoms with Crippen LogP contribution in [0.1, 0.15) is 26.7 Å². The Morgan fingerprint density at radius 3 is 2.21 bits per heavy atom. The Bertz CT molecular complexity index is 958. The van der Waals surface area contributed by atoms with E-state index in [2.05, 4.69) is 0 Å². The highest BCUT2D eigenvalue weighted by atomic mass is 32.2. The molecule has 0 saturated heterocycles. The third-order valence-electron chi connectivity index (χ3n) is 6.26. The van der Waals surface area contributed by atoms with E-state index in [1.54, 1.807) is 24.3 Å². The molecule has 0 aliphatic heterocycles. The number of carbonyl (C=O) groups is 2. The number of esters is 2. The van der Waals surface area contributed by atoms with Crippen LogP contribution < -0.4 is 0 Å². The first-order chi connectivity index (χ1) is 13.7. The molecule has 6 nitrogen and oxygen atoms in total. The number of methoxy groups -OCH3 is 2. The van der Waals surface area contributed by atoms with Crippen LogP contribution >= 0.6 is 0 Å². The number of carbonyl (C=O) groups excluding carboxylic acids is 2. The van der Waals surface area contributed by atoms with Crippen molar-refractivity contribution >= 4 is 21.8 Å². The summed E-state index contributed by atoms with van der Waals surface area (Å²) in [6, 6.07) is 8.05. The highest BCUT2D eigenvalue weighted by Gasteiger charge is 2.64. The van der Waals surface area contributed by atoms with Crippen LogP contribution in [0.3, 0.4) is 0 Å². The van der Waals surface area contributed by atoms with Crippen LogP contribution in [0, 0.1) is 23.2 Å². The molecule has 0 radical (unpaired) electrons. The molecule has 0 spiro atoms. The first-order valence-electron chi connectivity index (χ1n) is 9.63. The minimum Gasteiger partial charge on any atom is -0.468 e. The molecule has 2 aliphatic rings. The fourth-order valence-electron chi connectivity index (χ4n) is 4.84. The molecular weight excluding hydrogens is 392 g/mol. The van der Waals surface area contributed by atoms with Gasteiger partial charge in [0.25, 0.3) is 0 Å². The van der Waals surface area contributed by atoms with Gasteiger partial charge in [0.1, 0.15) is 0 Å². The highest BCUT2D eigenvalue weighted by molar-refractivity contribution is 7.95. The number of ether oxygens (including phenoxy) is 2. The molecule has 0 fully saturated rings. The van der Waals surface area contributed by atoms with E-state index in [0.717, 1.165) is 0 Å². The van der Waals surface area contributed by atoms with Crippen LogP contribution in [0.4, 0.5) is 0 Å². The third-order valence-corrected chi connectivity index (χ3v) is 8.18. The summed E-state index contributed by atoms with van der Waals surface area (Å²) in [7, 11) is -1.48. The molecule has 2 aliphatic carbocycles. The molecule has 0 N–H and O–H groups in total. The van der Waals surface area contributed by atoms with Crippen LogP contribution in [0.15, 0.2) is 57.9 Å². The summed E-state index contributed by atoms with van der Waals surface area (Å²) in [6.45, 7) is 3.98. The molecule has 1 aromatic rings. The van der Waals surface area contributed by atoms with E-state index in [1.165, 1.54) is 26.4 Å². The van der Waals surface area contributed by atoms with Crippen LogP contribution in [0.2, 0.25) is 0 Å². The van der Waals surface area contributed by atoms with Gasteiger partial charge in [0, 0.05) is 12.3 Å². The van der Waals surface area contributed by atoms with Gasteiger partial charge in [0.05, 0.1) is 24.0 Å². The van der Waals surface area contributed by atoms with Crippen molar-refractivity contribution in [1.82, 2.24) is 0 Å². The van der Waals surface area contributed by atoms with Crippen molar-refractivity contribution in [3.8, 4) is 0 Å². The van der Waals surface area contributed by atoms with E-state index in [4.69, 9.17) is 9.47 Å². The van der Waals surface area contributed by atoms with Crippen LogP contribution in [-0.2, 0) is 28.9 Å². The van der Waals surface area contributed by atoms with Gasteiger partial charge in [-0.1, -0.05) is 50.6 Å². The molecule has 3 rings (SSSR count). The SMILES string of the molecule is CC[C@@H]1C2C(=C(S(=O)(=O)c3ccccc3)CC2(C(=O)OC)C(=O)OC)C=C[C@@H]1C. The lowest BCUT2D eigenvalue weighted by Crippen LogP contribution is -2.49. The lowest BCUT2D eigenvalue weighted by Gasteiger charge is -2.40. The molecule has 3 atom stereocenters. The van der Waals surface area contributed by atoms with Crippen molar-refractivity contribution in [2.75, 3.05) is 14.2 Å². The van der Waals surface area contributed by atoms with E-state index in [-0.39, 0.29) is 28.1 Å². The Balaban J connectivity index is 2.30. The highest BCUT2D eigenvalue weighted by Crippen LogP contribution is 2.58. The molecule has 1 unspecified atom stereocenters. The summed E-state index contributed by atoms with van der Waals surface area (Å²) in [5.41, 5.74) is -1.20. The number of fused-ring (bicyclic) bond motifs is 1. The second-order valence-electron chi connectivity index (χ2n) is 7.59. The second-order valence-corrected chi connectivity index (χ2v) is 9.57. The molecule has 1 aromatic carbocycles. The zero-order valence-electron chi connectivity index (χ0n) is 17.0. The number of hydrogen-bond acceptors (Lipinski definition) is 6. The quantitative estimate of drug-likeness (QED) is 0.539. The van der Waals surface area contributed by atoms with Gasteiger partial charge in [-0.05, 0) is 29.5 Å². The fourth-order valence-corrected chi connectivity index (χ4v) is 6.57. The van der Waals surface area contributed by atoms with E-state index >= 15 is 0 Å². The summed E-state index contributed by atoms with van der Waals surface area (Å²) < 4.78 is 37.0. The monoisotopic (exact) mass is 418 g/mol. The number of rotatable bonds is 5. The fraction of sp³-hybridized carbons (Fsp3) is 0.455. The van der Waals surface area contributed by atoms with Gasteiger partial charge in [-0.2, -0.15) is 0 Å². The number of benzene rings is 1. The predicted molar refractivity (Wildman–Crippen MR) is 107 cm³/mol. The van der Waals surface area contributed by atoms with Gasteiger partial charge >= 0.3 is 11.9 Å². The number of hydrogen-bond donors (Lipinski definition) is 0. The maximum absolute atomic E-state index is 13.5. The first-order valence-corrected chi connectivity index (χ1v) is 11.1. The smallest absolute Gasteiger partial charge is 0.324 e. The minimum absolute atomic E-state index is 0.0706. The average Bonchev–Trinajstić information content (AvgIpc) is 3.10. The average molecular weight is 419 g/mol. The summed E-state index contributed by atoms with van der Waals surface area (Å²) in [5.74, 6) is -2.17. The Hall–Kier alpha value is -2.41. The standard InChI is InChI=1S/C22H26O6S/c1-5-16-14(2)11-12-17-18(29(25,26)15-9-7-6-8-10-15)13-22(19(16)17,20(23)27-3)21(24)28-4/h6-12,14,16,19H,5,13H2,1-4H3/t14-,16-,19?/m0/s1. The molecular formula is C22H26O6S. The number of allylic oxidation sites excluding steroid dienone is 4. The van der Waals surface area contributed by atoms with Crippen molar-refractivity contribution < 1.29 is 27.5 Å². The largest absolute Gasteiger partial charge is 0.468 e. The normalized spacial score (nSPS) is 25.4. The zero-order valence-corrected chi connectivity index (χ0v) is 17.9. The first kappa shape index (κ1) is 21.3. The van der Waals surface area contributed by atoms with Gasteiger partial charge in [0.15, 0.2) is 5.41 Å². The molecule has 29 heavy (non-hydrogen) atoms. The molecule has 7 heteroatoms. The molecule has 156 valence electrons. The van der Waals surface area contributed by atoms with Gasteiger partial charge in [0.2, 0.25) is 9.84 Å². The molecule has 0 bridgehead atoms. The Morgan fingerprint density at radius 2 is 1.69 bits per heavy atom. The van der Waals surface area contributed by atoms with E-state index in [0.29, 0.717) is 12.0 Å². The van der Waals surface area contributed by atoms with Gasteiger partial charge < -0.3 is 9.47 Å². The van der Waals surface area contributed by atoms with Crippen molar-refractivity contribution in [3.63, 3.8) is 0 Å². The topological polar surface area (TPSA) is 86.7 Å². The van der Waals surface area contributed by atoms with Gasteiger partial charge in [-0.25, -0.2) is 8.42 Å². The lowest BCUT2D eigenvalue weighted by molar-refractivity contribution is -0.173. The van der Waals surface area contributed by atoms with E-state index < -0.39 is 33.1 Å². The lowest BCUT2D eigenvalue weighted by atomic mass is 9.62. The summed E-state index contributed by atoms with van der Waals surface area (Å²) >= 11 is 0. The Labute approximate surface area is 171 Å². The maximum atomic E-state index is 13.5. The molecule has 0 aromatic heterocycles. The molecule has 0 amide bonds. The summed E-state index contributed by atoms with van der Waals surface area (Å²) in [5, 5.41) is 0. The molecule has 0 saturated carbocycles. The Kier molecular flexibility index (Phi) is 5.72. The second kappa shape index (κ2) is 7.78. The van der Waals surface area contributed by atoms with Gasteiger partial charge in [-0.15, -0.1) is 0 Å². The van der Waals surface area contributed by atoms with E-state index in [1.807, 2.05) is 19.9 Å². The Morgan fingerprint density at radius 1 is 1.10 bits per heavy atom. The third kappa shape index (κ3) is 3.12. The van der Waals surface area contributed by atoms with Crippen molar-refractivity contribution in [1.29, 1.82) is 0 Å². The number of sulfone groups is 1. The maximum Gasteiger partial charge on any atom is 0.324 e. The van der Waals surface area contributed by atoms with Crippen LogP contribution in [0.5, 0.6) is 0 Å². The van der Waals surface area contributed by atoms with Crippen molar-refractivity contribution in [2.45, 2.75) is 31.6 Å². The molecule has 0 heterocycles. The summed E-state index contributed by atoms with van der Waals surface area (Å²) in [6.07, 6.45) is 4.11. The van der Waals surface area contributed by atoms with Crippen molar-refractivity contribution in [3.05, 3.63) is 53.0 Å². The van der Waals surface area contributed by atoms with Crippen LogP contribution in [0.25, 0.3) is 0 Å². The van der Waals surface area contributed by atoms with Crippen molar-refractivity contribution in [2.24, 2.45) is 23.2 Å². The zero-order chi connectivity index (χ0) is 21.4. The summed E-state index contributed by atoms with van der Waals surface area (Å²) in [4.78, 5) is 26.2. The van der Waals surface area contributed by atoms with Crippen LogP contribution in [-0.4, -0.2) is 34.6 Å².